The lowest BCUT2D eigenvalue weighted by molar-refractivity contribution is 0.601. The fourth-order valence-electron chi connectivity index (χ4n) is 2.88. The number of aryl methyl sites for hydroxylation is 1. The maximum Gasteiger partial charge on any atom is 0.354 e. The Morgan fingerprint density at radius 2 is 1.97 bits per heavy atom. The average Bonchev–Trinajstić information content (AvgIpc) is 2.97. The van der Waals surface area contributed by atoms with Gasteiger partial charge in [-0.15, -0.1) is 23.1 Å². The Labute approximate surface area is 194 Å². The van der Waals surface area contributed by atoms with E-state index in [1.807, 2.05) is 13.8 Å². The Morgan fingerprint density at radius 1 is 1.23 bits per heavy atom. The van der Waals surface area contributed by atoms with Gasteiger partial charge in [0.05, 0.1) is 9.23 Å². The number of fused-ring (bicyclic) bond motifs is 1. The second-order valence-corrected chi connectivity index (χ2v) is 11.8. The van der Waals surface area contributed by atoms with Crippen molar-refractivity contribution in [2.45, 2.75) is 49.1 Å². The van der Waals surface area contributed by atoms with E-state index in [0.717, 1.165) is 39.8 Å². The van der Waals surface area contributed by atoms with Gasteiger partial charge in [0.15, 0.2) is 5.82 Å². The molecule has 0 unspecified atom stereocenters. The Hall–Kier alpha value is -1.26. The van der Waals surface area contributed by atoms with E-state index in [1.54, 1.807) is 11.8 Å². The van der Waals surface area contributed by atoms with E-state index in [-0.39, 0.29) is 15.7 Å². The van der Waals surface area contributed by atoms with Crippen LogP contribution in [0.5, 0.6) is 0 Å². The quantitative estimate of drug-likeness (QED) is 0.311. The molecule has 0 fully saturated rings. The lowest BCUT2D eigenvalue weighted by Gasteiger charge is -2.16. The van der Waals surface area contributed by atoms with Crippen LogP contribution in [0.4, 0.5) is 5.82 Å². The molecule has 0 aromatic heterocycles. The number of halogens is 2. The van der Waals surface area contributed by atoms with Crippen LogP contribution in [0.3, 0.4) is 0 Å². The first-order chi connectivity index (χ1) is 14.2. The van der Waals surface area contributed by atoms with Gasteiger partial charge in [-0.05, 0) is 44.2 Å². The average molecular weight is 507 g/mol. The predicted octanol–water partition coefficient (Wildman–Crippen LogP) is 5.74. The minimum Gasteiger partial charge on any atom is -0.261 e. The summed E-state index contributed by atoms with van der Waals surface area (Å²) in [6.07, 6.45) is 3.25. The van der Waals surface area contributed by atoms with E-state index in [2.05, 4.69) is 16.6 Å². The summed E-state index contributed by atoms with van der Waals surface area (Å²) in [6, 6.07) is 4.12. The van der Waals surface area contributed by atoms with Crippen LogP contribution in [0.25, 0.3) is 5.69 Å². The van der Waals surface area contributed by atoms with Crippen molar-refractivity contribution in [2.24, 2.45) is 0 Å². The first-order valence-electron chi connectivity index (χ1n) is 9.29. The van der Waals surface area contributed by atoms with Crippen molar-refractivity contribution in [1.82, 2.24) is 9.55 Å². The van der Waals surface area contributed by atoms with Gasteiger partial charge in [0, 0.05) is 15.6 Å². The molecule has 1 aromatic carbocycles. The summed E-state index contributed by atoms with van der Waals surface area (Å²) in [5.41, 5.74) is 0.692. The van der Waals surface area contributed by atoms with Crippen LogP contribution in [-0.4, -0.2) is 23.7 Å². The molecule has 0 saturated heterocycles. The Bertz CT molecular complexity index is 1210. The van der Waals surface area contributed by atoms with Gasteiger partial charge in [0.2, 0.25) is 0 Å². The van der Waals surface area contributed by atoms with Crippen molar-refractivity contribution in [3.63, 3.8) is 0 Å². The number of nitrogens with one attached hydrogen (secondary N) is 1. The third kappa shape index (κ3) is 4.80. The second kappa shape index (κ2) is 9.48. The normalized spacial score (nSPS) is 11.9. The summed E-state index contributed by atoms with van der Waals surface area (Å²) in [5, 5.41) is 0.316. The number of imidazole rings is 1. The van der Waals surface area contributed by atoms with Crippen molar-refractivity contribution in [1.29, 1.82) is 0 Å². The maximum atomic E-state index is 13.0. The van der Waals surface area contributed by atoms with Crippen LogP contribution in [0.1, 0.15) is 36.8 Å². The van der Waals surface area contributed by atoms with E-state index >= 15 is 0 Å². The number of unbranched alkanes of at least 4 members (excludes halogenated alkanes) is 2. The van der Waals surface area contributed by atoms with E-state index in [0.29, 0.717) is 10.7 Å². The standard InChI is InChI=1S/C19H21Cl2N3O3S3/c1-4-5-6-9-28-18-16-17(22-19(25)24(16)11(2)12(3)29-18)23-30(26,27)15-8-7-13(20)10-14(15)21/h7-8,10H,4-6,9H2,1-3H3,(H,22,23,25). The van der Waals surface area contributed by atoms with Crippen molar-refractivity contribution in [2.75, 3.05) is 10.5 Å². The number of rotatable bonds is 8. The number of thioether (sulfide) groups is 1. The van der Waals surface area contributed by atoms with Gasteiger partial charge < -0.3 is 0 Å². The van der Waals surface area contributed by atoms with Crippen molar-refractivity contribution in [3.8, 4) is 5.69 Å². The Morgan fingerprint density at radius 3 is 2.63 bits per heavy atom. The molecular weight excluding hydrogens is 485 g/mol. The van der Waals surface area contributed by atoms with E-state index in [4.69, 9.17) is 23.2 Å². The highest BCUT2D eigenvalue weighted by atomic mass is 35.5. The van der Waals surface area contributed by atoms with Crippen LogP contribution in [0.15, 0.2) is 32.1 Å². The highest BCUT2D eigenvalue weighted by molar-refractivity contribution is 8.01. The molecule has 2 heterocycles. The van der Waals surface area contributed by atoms with E-state index < -0.39 is 15.7 Å². The van der Waals surface area contributed by atoms with Crippen LogP contribution < -0.4 is 10.4 Å². The first kappa shape index (κ1) is 23.4. The van der Waals surface area contributed by atoms with Crippen LogP contribution >= 0.6 is 46.3 Å². The summed E-state index contributed by atoms with van der Waals surface area (Å²) in [5.74, 6) is 0.875. The fourth-order valence-corrected chi connectivity index (χ4v) is 7.18. The number of anilines is 1. The number of aromatic nitrogens is 2. The molecule has 2 aliphatic rings. The van der Waals surface area contributed by atoms with E-state index in [1.165, 1.54) is 34.1 Å². The number of sulfonamides is 1. The second-order valence-electron chi connectivity index (χ2n) is 6.69. The highest BCUT2D eigenvalue weighted by Crippen LogP contribution is 2.39. The molecule has 3 rings (SSSR count). The van der Waals surface area contributed by atoms with Crippen molar-refractivity contribution in [3.05, 3.63) is 49.3 Å². The van der Waals surface area contributed by atoms with Gasteiger partial charge in [-0.2, -0.15) is 4.98 Å². The fraction of sp³-hybridized carbons (Fsp3) is 0.368. The minimum absolute atomic E-state index is 0.00311. The number of hydrogen-bond acceptors (Lipinski definition) is 6. The molecule has 11 heteroatoms. The zero-order valence-electron chi connectivity index (χ0n) is 16.7. The highest BCUT2D eigenvalue weighted by Gasteiger charge is 2.27. The maximum absolute atomic E-state index is 13.0. The topological polar surface area (TPSA) is 81.1 Å². The zero-order chi connectivity index (χ0) is 22.1. The molecule has 0 atom stereocenters. The molecule has 1 N–H and O–H groups in total. The summed E-state index contributed by atoms with van der Waals surface area (Å²) < 4.78 is 30.7. The molecule has 0 bridgehead atoms. The van der Waals surface area contributed by atoms with E-state index in [9.17, 15) is 13.2 Å². The summed E-state index contributed by atoms with van der Waals surface area (Å²) in [4.78, 5) is 17.4. The van der Waals surface area contributed by atoms with Gasteiger partial charge in [-0.1, -0.05) is 43.0 Å². The van der Waals surface area contributed by atoms with Gasteiger partial charge in [0.1, 0.15) is 10.6 Å². The number of hydrogen-bond donors (Lipinski definition) is 1. The van der Waals surface area contributed by atoms with Crippen LogP contribution in [-0.2, 0) is 10.0 Å². The molecule has 0 amide bonds. The third-order valence-electron chi connectivity index (χ3n) is 4.53. The Balaban J connectivity index is 2.06. The zero-order valence-corrected chi connectivity index (χ0v) is 20.6. The molecule has 0 radical (unpaired) electrons. The lowest BCUT2D eigenvalue weighted by Crippen LogP contribution is -2.17. The van der Waals surface area contributed by atoms with Crippen molar-refractivity contribution < 1.29 is 8.42 Å². The van der Waals surface area contributed by atoms with Gasteiger partial charge in [-0.25, -0.2) is 13.2 Å². The van der Waals surface area contributed by atoms with Crippen LogP contribution in [0, 0.1) is 13.8 Å². The molecule has 0 aliphatic carbocycles. The lowest BCUT2D eigenvalue weighted by atomic mass is 10.3. The Kier molecular flexibility index (Phi) is 7.40. The number of nitrogens with zero attached hydrogens (tertiary/aromatic N) is 2. The molecule has 30 heavy (non-hydrogen) atoms. The molecule has 162 valence electrons. The molecule has 6 nitrogen and oxygen atoms in total. The summed E-state index contributed by atoms with van der Waals surface area (Å²) in [6.45, 7) is 5.89. The van der Waals surface area contributed by atoms with Gasteiger partial charge in [-0.3, -0.25) is 9.29 Å². The SMILES string of the molecule is CCCCCSc1sc(C)c(C)n2c(=O)nc(NS(=O)(=O)c3ccc(Cl)cc3Cl)c1-2. The largest absolute Gasteiger partial charge is 0.354 e. The molecule has 2 aliphatic heterocycles. The first-order valence-corrected chi connectivity index (χ1v) is 13.3. The third-order valence-corrected chi connectivity index (χ3v) is 9.12. The summed E-state index contributed by atoms with van der Waals surface area (Å²) >= 11 is 15.1. The smallest absolute Gasteiger partial charge is 0.261 e. The monoisotopic (exact) mass is 505 g/mol. The molecule has 1 aromatic rings. The molecule has 0 saturated carbocycles. The van der Waals surface area contributed by atoms with Crippen molar-refractivity contribution >= 4 is 62.1 Å². The number of benzene rings is 1. The molecule has 0 spiro atoms. The van der Waals surface area contributed by atoms with Gasteiger partial charge in [0.25, 0.3) is 10.0 Å². The van der Waals surface area contributed by atoms with Gasteiger partial charge >= 0.3 is 5.69 Å². The van der Waals surface area contributed by atoms with Crippen LogP contribution in [0.2, 0.25) is 10.0 Å². The summed E-state index contributed by atoms with van der Waals surface area (Å²) in [7, 11) is -4.07. The minimum atomic E-state index is -4.07. The predicted molar refractivity (Wildman–Crippen MR) is 126 cm³/mol. The molecular formula is C19H21Cl2N3O3S3.